The molecule has 3 nitrogen and oxygen atoms in total. The Morgan fingerprint density at radius 3 is 2.24 bits per heavy atom. The number of carbonyl (C=O) groups excluding carboxylic acids is 1. The predicted octanol–water partition coefficient (Wildman–Crippen LogP) is 3.09. The standard InChI is InChI=1S/C14H22O3/c1-11(2)14(15)10-13(17-5)7-6-12(3)8-9-16-4/h6-12H,1-5H3/b7-6+,9-8+,13-10-. The van der Waals surface area contributed by atoms with Crippen molar-refractivity contribution in [3.05, 3.63) is 36.3 Å². The Labute approximate surface area is 104 Å². The van der Waals surface area contributed by atoms with Crippen LogP contribution in [0, 0.1) is 11.8 Å². The van der Waals surface area contributed by atoms with Crippen LogP contribution in [0.4, 0.5) is 0 Å². The molecule has 3 heteroatoms. The Morgan fingerprint density at radius 1 is 1.12 bits per heavy atom. The van der Waals surface area contributed by atoms with Gasteiger partial charge in [-0.05, 0) is 18.1 Å². The topological polar surface area (TPSA) is 35.5 Å². The molecule has 1 atom stereocenters. The zero-order chi connectivity index (χ0) is 13.3. The van der Waals surface area contributed by atoms with Crippen molar-refractivity contribution in [2.45, 2.75) is 20.8 Å². The summed E-state index contributed by atoms with van der Waals surface area (Å²) in [5.74, 6) is 0.843. The summed E-state index contributed by atoms with van der Waals surface area (Å²) in [4.78, 5) is 11.5. The molecule has 0 aliphatic heterocycles. The van der Waals surface area contributed by atoms with Crippen LogP contribution in [0.25, 0.3) is 0 Å². The maximum atomic E-state index is 11.5. The lowest BCUT2D eigenvalue weighted by molar-refractivity contribution is -0.117. The number of ketones is 1. The van der Waals surface area contributed by atoms with Crippen LogP contribution in [-0.4, -0.2) is 20.0 Å². The minimum Gasteiger partial charge on any atom is -0.505 e. The van der Waals surface area contributed by atoms with E-state index < -0.39 is 0 Å². The van der Waals surface area contributed by atoms with E-state index >= 15 is 0 Å². The number of methoxy groups -OCH3 is 2. The van der Waals surface area contributed by atoms with Gasteiger partial charge in [-0.15, -0.1) is 0 Å². The summed E-state index contributed by atoms with van der Waals surface area (Å²) in [6.07, 6.45) is 8.80. The molecule has 0 fully saturated rings. The Morgan fingerprint density at radius 2 is 1.76 bits per heavy atom. The lowest BCUT2D eigenvalue weighted by Crippen LogP contribution is -2.04. The average molecular weight is 238 g/mol. The third-order valence-electron chi connectivity index (χ3n) is 2.17. The van der Waals surface area contributed by atoms with Crippen molar-refractivity contribution in [2.75, 3.05) is 14.2 Å². The fraction of sp³-hybridized carbons (Fsp3) is 0.500. The summed E-state index contributed by atoms with van der Waals surface area (Å²) in [6, 6.07) is 0. The highest BCUT2D eigenvalue weighted by Gasteiger charge is 2.04. The van der Waals surface area contributed by atoms with Crippen molar-refractivity contribution >= 4 is 5.78 Å². The normalized spacial score (nSPS) is 14.6. The van der Waals surface area contributed by atoms with Gasteiger partial charge in [0.05, 0.1) is 20.5 Å². The quantitative estimate of drug-likeness (QED) is 0.388. The van der Waals surface area contributed by atoms with E-state index in [0.29, 0.717) is 5.76 Å². The zero-order valence-corrected chi connectivity index (χ0v) is 11.3. The van der Waals surface area contributed by atoms with Crippen LogP contribution in [0.3, 0.4) is 0 Å². The molecule has 0 spiro atoms. The van der Waals surface area contributed by atoms with Gasteiger partial charge < -0.3 is 9.47 Å². The summed E-state index contributed by atoms with van der Waals surface area (Å²) >= 11 is 0. The van der Waals surface area contributed by atoms with Crippen LogP contribution in [-0.2, 0) is 14.3 Å². The molecule has 0 aliphatic rings. The highest BCUT2D eigenvalue weighted by Crippen LogP contribution is 2.07. The van der Waals surface area contributed by atoms with Gasteiger partial charge in [-0.3, -0.25) is 4.79 Å². The number of hydrogen-bond donors (Lipinski definition) is 0. The van der Waals surface area contributed by atoms with Gasteiger partial charge in [0.25, 0.3) is 0 Å². The number of hydrogen-bond acceptors (Lipinski definition) is 3. The highest BCUT2D eigenvalue weighted by atomic mass is 16.5. The molecule has 0 aliphatic carbocycles. The van der Waals surface area contributed by atoms with Gasteiger partial charge in [-0.25, -0.2) is 0 Å². The minimum absolute atomic E-state index is 0.0145. The van der Waals surface area contributed by atoms with E-state index in [4.69, 9.17) is 9.47 Å². The molecule has 0 heterocycles. The van der Waals surface area contributed by atoms with Crippen LogP contribution >= 0.6 is 0 Å². The second kappa shape index (κ2) is 8.62. The monoisotopic (exact) mass is 238 g/mol. The Kier molecular flexibility index (Phi) is 7.85. The van der Waals surface area contributed by atoms with Gasteiger partial charge in [0.2, 0.25) is 0 Å². The van der Waals surface area contributed by atoms with Crippen LogP contribution in [0.5, 0.6) is 0 Å². The molecule has 0 radical (unpaired) electrons. The van der Waals surface area contributed by atoms with E-state index in [0.717, 1.165) is 0 Å². The molecule has 0 saturated carbocycles. The summed E-state index contributed by atoms with van der Waals surface area (Å²) in [7, 11) is 3.16. The van der Waals surface area contributed by atoms with E-state index in [2.05, 4.69) is 0 Å². The van der Waals surface area contributed by atoms with Crippen molar-refractivity contribution in [1.82, 2.24) is 0 Å². The van der Waals surface area contributed by atoms with Crippen LogP contribution < -0.4 is 0 Å². The van der Waals surface area contributed by atoms with Gasteiger partial charge in [-0.2, -0.15) is 0 Å². The molecular formula is C14H22O3. The smallest absolute Gasteiger partial charge is 0.161 e. The lowest BCUT2D eigenvalue weighted by atomic mass is 10.1. The largest absolute Gasteiger partial charge is 0.505 e. The van der Waals surface area contributed by atoms with E-state index in [1.807, 2.05) is 32.9 Å². The van der Waals surface area contributed by atoms with Crippen LogP contribution in [0.1, 0.15) is 20.8 Å². The van der Waals surface area contributed by atoms with Crippen molar-refractivity contribution in [2.24, 2.45) is 11.8 Å². The lowest BCUT2D eigenvalue weighted by Gasteiger charge is -2.03. The third-order valence-corrected chi connectivity index (χ3v) is 2.17. The fourth-order valence-corrected chi connectivity index (χ4v) is 0.995. The molecule has 0 saturated heterocycles. The fourth-order valence-electron chi connectivity index (χ4n) is 0.995. The molecule has 96 valence electrons. The SMILES string of the molecule is CO/C=C/C(C)/C=C/C(=C/C(=O)C(C)C)OC. The average Bonchev–Trinajstić information content (AvgIpc) is 2.31. The van der Waals surface area contributed by atoms with Gasteiger partial charge in [0.1, 0.15) is 5.76 Å². The molecule has 0 amide bonds. The first kappa shape index (κ1) is 15.5. The summed E-state index contributed by atoms with van der Waals surface area (Å²) in [6.45, 7) is 5.74. The Balaban J connectivity index is 4.54. The molecule has 0 N–H and O–H groups in total. The highest BCUT2D eigenvalue weighted by molar-refractivity contribution is 5.91. The predicted molar refractivity (Wildman–Crippen MR) is 69.4 cm³/mol. The Bertz CT molecular complexity index is 311. The van der Waals surface area contributed by atoms with Crippen LogP contribution in [0.2, 0.25) is 0 Å². The number of allylic oxidation sites excluding steroid dienone is 4. The number of ether oxygens (including phenoxy) is 2. The van der Waals surface area contributed by atoms with Gasteiger partial charge >= 0.3 is 0 Å². The van der Waals surface area contributed by atoms with Gasteiger partial charge in [0, 0.05) is 12.0 Å². The molecule has 0 bridgehead atoms. The molecule has 0 rings (SSSR count). The first-order chi connectivity index (χ1) is 8.01. The first-order valence-corrected chi connectivity index (χ1v) is 5.68. The van der Waals surface area contributed by atoms with E-state index in [1.54, 1.807) is 26.6 Å². The molecular weight excluding hydrogens is 216 g/mol. The zero-order valence-electron chi connectivity index (χ0n) is 11.3. The van der Waals surface area contributed by atoms with Gasteiger partial charge in [-0.1, -0.05) is 26.8 Å². The second-order valence-corrected chi connectivity index (χ2v) is 4.09. The second-order valence-electron chi connectivity index (χ2n) is 4.09. The van der Waals surface area contributed by atoms with Crippen molar-refractivity contribution in [3.63, 3.8) is 0 Å². The number of rotatable bonds is 7. The summed E-state index contributed by atoms with van der Waals surface area (Å²) < 4.78 is 9.95. The molecule has 17 heavy (non-hydrogen) atoms. The third kappa shape index (κ3) is 7.39. The summed E-state index contributed by atoms with van der Waals surface area (Å²) in [5, 5.41) is 0. The maximum Gasteiger partial charge on any atom is 0.161 e. The van der Waals surface area contributed by atoms with Crippen molar-refractivity contribution < 1.29 is 14.3 Å². The first-order valence-electron chi connectivity index (χ1n) is 5.68. The van der Waals surface area contributed by atoms with E-state index in [-0.39, 0.29) is 17.6 Å². The maximum absolute atomic E-state index is 11.5. The van der Waals surface area contributed by atoms with E-state index in [9.17, 15) is 4.79 Å². The molecule has 0 aromatic heterocycles. The van der Waals surface area contributed by atoms with Crippen molar-refractivity contribution in [1.29, 1.82) is 0 Å². The van der Waals surface area contributed by atoms with E-state index in [1.165, 1.54) is 6.08 Å². The van der Waals surface area contributed by atoms with Gasteiger partial charge in [0.15, 0.2) is 5.78 Å². The summed E-state index contributed by atoms with van der Waals surface area (Å²) in [5.41, 5.74) is 0. The van der Waals surface area contributed by atoms with Crippen LogP contribution in [0.15, 0.2) is 36.3 Å². The Hall–Kier alpha value is -1.51. The number of carbonyl (C=O) groups is 1. The molecule has 0 aromatic carbocycles. The molecule has 1 unspecified atom stereocenters. The molecule has 0 aromatic rings. The minimum atomic E-state index is -0.0145. The van der Waals surface area contributed by atoms with Crippen molar-refractivity contribution in [3.8, 4) is 0 Å².